The monoisotopic (exact) mass is 373 g/mol. The van der Waals surface area contributed by atoms with Crippen LogP contribution in [-0.2, 0) is 25.6 Å². The Labute approximate surface area is 157 Å². The van der Waals surface area contributed by atoms with E-state index in [1.54, 1.807) is 19.1 Å². The second-order valence-corrected chi connectivity index (χ2v) is 7.22. The van der Waals surface area contributed by atoms with E-state index in [2.05, 4.69) is 10.2 Å². The van der Waals surface area contributed by atoms with Gasteiger partial charge in [-0.3, -0.25) is 19.7 Å². The maximum atomic E-state index is 13.1. The van der Waals surface area contributed by atoms with Crippen molar-refractivity contribution in [3.63, 3.8) is 0 Å². The number of nitrogens with zero attached hydrogens (tertiary/aromatic N) is 2. The van der Waals surface area contributed by atoms with E-state index in [9.17, 15) is 14.4 Å². The highest BCUT2D eigenvalue weighted by Gasteiger charge is 2.42. The maximum absolute atomic E-state index is 13.1. The Kier molecular flexibility index (Phi) is 4.61. The largest absolute Gasteiger partial charge is 0.370 e. The summed E-state index contributed by atoms with van der Waals surface area (Å²) in [7, 11) is 3.25. The van der Waals surface area contributed by atoms with Crippen LogP contribution in [0.2, 0.25) is 0 Å². The van der Waals surface area contributed by atoms with Gasteiger partial charge in [-0.25, -0.2) is 0 Å². The van der Waals surface area contributed by atoms with Crippen molar-refractivity contribution in [2.24, 2.45) is 5.92 Å². The van der Waals surface area contributed by atoms with E-state index in [-0.39, 0.29) is 36.4 Å². The molecule has 1 unspecified atom stereocenters. The third kappa shape index (κ3) is 2.98. The average Bonchev–Trinajstić information content (AvgIpc) is 2.95. The van der Waals surface area contributed by atoms with Gasteiger partial charge in [0, 0.05) is 51.9 Å². The lowest BCUT2D eigenvalue weighted by atomic mass is 9.96. The molecule has 3 aliphatic rings. The minimum atomic E-state index is -0.592. The van der Waals surface area contributed by atoms with E-state index in [4.69, 9.17) is 9.47 Å². The highest BCUT2D eigenvalue weighted by atomic mass is 16.7. The molecule has 2 fully saturated rings. The number of piperidine rings is 1. The molecule has 3 amide bonds. The van der Waals surface area contributed by atoms with Gasteiger partial charge < -0.3 is 19.3 Å². The summed E-state index contributed by atoms with van der Waals surface area (Å²) < 4.78 is 10.6. The third-order valence-electron chi connectivity index (χ3n) is 5.63. The van der Waals surface area contributed by atoms with Crippen molar-refractivity contribution in [2.45, 2.75) is 31.7 Å². The zero-order valence-corrected chi connectivity index (χ0v) is 15.4. The van der Waals surface area contributed by atoms with E-state index in [0.717, 1.165) is 24.3 Å². The molecule has 8 heteroatoms. The molecule has 8 nitrogen and oxygen atoms in total. The van der Waals surface area contributed by atoms with Crippen LogP contribution >= 0.6 is 0 Å². The molecule has 1 N–H and O–H groups in total. The van der Waals surface area contributed by atoms with Crippen LogP contribution in [0.3, 0.4) is 0 Å². The lowest BCUT2D eigenvalue weighted by Crippen LogP contribution is -2.54. The molecule has 4 rings (SSSR count). The Morgan fingerprint density at radius 1 is 1.15 bits per heavy atom. The van der Waals surface area contributed by atoms with Crippen molar-refractivity contribution in [1.29, 1.82) is 0 Å². The normalized spacial score (nSPS) is 22.9. The fourth-order valence-electron chi connectivity index (χ4n) is 4.22. The molecule has 0 bridgehead atoms. The first-order chi connectivity index (χ1) is 13.0. The average molecular weight is 373 g/mol. The van der Waals surface area contributed by atoms with Gasteiger partial charge in [0.2, 0.25) is 11.8 Å². The van der Waals surface area contributed by atoms with Gasteiger partial charge in [-0.15, -0.1) is 0 Å². The van der Waals surface area contributed by atoms with Crippen molar-refractivity contribution >= 4 is 23.4 Å². The highest BCUT2D eigenvalue weighted by Crippen LogP contribution is 2.37. The fourth-order valence-corrected chi connectivity index (χ4v) is 4.22. The predicted molar refractivity (Wildman–Crippen MR) is 96.0 cm³/mol. The van der Waals surface area contributed by atoms with Crippen LogP contribution in [-0.4, -0.2) is 62.3 Å². The Balaban J connectivity index is 1.53. The van der Waals surface area contributed by atoms with Crippen molar-refractivity contribution in [3.05, 3.63) is 29.3 Å². The number of methoxy groups -OCH3 is 2. The topological polar surface area (TPSA) is 88.2 Å². The van der Waals surface area contributed by atoms with E-state index in [1.807, 2.05) is 18.2 Å². The van der Waals surface area contributed by atoms with Crippen molar-refractivity contribution in [1.82, 2.24) is 10.2 Å². The van der Waals surface area contributed by atoms with E-state index in [1.165, 1.54) is 0 Å². The molecule has 3 heterocycles. The standard InChI is InChI=1S/C19H23N3O5/c1-26-19(27-2)12-8-21(9-12)13-5-3-4-11-10-22(18(25)16(11)13)14-6-7-15(23)20-17(14)24/h3-5,12,14,19H,6-10H2,1-2H3,(H,20,23,24). The number of benzene rings is 1. The van der Waals surface area contributed by atoms with Crippen molar-refractivity contribution in [2.75, 3.05) is 32.2 Å². The van der Waals surface area contributed by atoms with Gasteiger partial charge in [0.25, 0.3) is 5.91 Å². The Morgan fingerprint density at radius 2 is 1.89 bits per heavy atom. The molecule has 0 spiro atoms. The SMILES string of the molecule is COC(OC)C1CN(c2cccc3c2C(=O)N(C2CCC(=O)NC2=O)C3)C1. The van der Waals surface area contributed by atoms with Crippen LogP contribution in [0.25, 0.3) is 0 Å². The number of ether oxygens (including phenoxy) is 2. The summed E-state index contributed by atoms with van der Waals surface area (Å²) in [5.41, 5.74) is 2.46. The molecule has 0 aromatic heterocycles. The van der Waals surface area contributed by atoms with Crippen LogP contribution in [0.1, 0.15) is 28.8 Å². The number of fused-ring (bicyclic) bond motifs is 1. The van der Waals surface area contributed by atoms with Gasteiger partial charge in [-0.05, 0) is 18.1 Å². The molecule has 0 aliphatic carbocycles. The summed E-state index contributed by atoms with van der Waals surface area (Å²) >= 11 is 0. The number of rotatable bonds is 5. The highest BCUT2D eigenvalue weighted by molar-refractivity contribution is 6.08. The molecular weight excluding hydrogens is 350 g/mol. The first kappa shape index (κ1) is 17.9. The van der Waals surface area contributed by atoms with Gasteiger partial charge in [0.05, 0.1) is 5.56 Å². The molecule has 1 aromatic carbocycles. The number of amides is 3. The molecule has 1 atom stereocenters. The fraction of sp³-hybridized carbons (Fsp3) is 0.526. The second-order valence-electron chi connectivity index (χ2n) is 7.22. The molecular formula is C19H23N3O5. The summed E-state index contributed by atoms with van der Waals surface area (Å²) in [5, 5.41) is 2.33. The van der Waals surface area contributed by atoms with Crippen LogP contribution < -0.4 is 10.2 Å². The molecule has 0 saturated carbocycles. The minimum absolute atomic E-state index is 0.145. The zero-order chi connectivity index (χ0) is 19.1. The summed E-state index contributed by atoms with van der Waals surface area (Å²) in [5.74, 6) is -0.563. The van der Waals surface area contributed by atoms with Gasteiger partial charge in [0.15, 0.2) is 6.29 Å². The number of anilines is 1. The van der Waals surface area contributed by atoms with Gasteiger partial charge in [-0.2, -0.15) is 0 Å². The summed E-state index contributed by atoms with van der Waals surface area (Å²) in [6.07, 6.45) is 0.371. The third-order valence-corrected chi connectivity index (χ3v) is 5.63. The quantitative estimate of drug-likeness (QED) is 0.597. The number of nitrogens with one attached hydrogen (secondary N) is 1. The Hall–Kier alpha value is -2.45. The van der Waals surface area contributed by atoms with Gasteiger partial charge in [0.1, 0.15) is 6.04 Å². The second kappa shape index (κ2) is 6.94. The van der Waals surface area contributed by atoms with Gasteiger partial charge in [-0.1, -0.05) is 12.1 Å². The summed E-state index contributed by atoms with van der Waals surface area (Å²) in [6.45, 7) is 1.88. The molecule has 2 saturated heterocycles. The van der Waals surface area contributed by atoms with Crippen molar-refractivity contribution in [3.8, 4) is 0 Å². The van der Waals surface area contributed by atoms with E-state index >= 15 is 0 Å². The first-order valence-electron chi connectivity index (χ1n) is 9.10. The minimum Gasteiger partial charge on any atom is -0.370 e. The van der Waals surface area contributed by atoms with Gasteiger partial charge >= 0.3 is 0 Å². The summed E-state index contributed by atoms with van der Waals surface area (Å²) in [6, 6.07) is 5.21. The number of hydrogen-bond donors (Lipinski definition) is 1. The smallest absolute Gasteiger partial charge is 0.257 e. The van der Waals surface area contributed by atoms with E-state index < -0.39 is 6.04 Å². The molecule has 144 valence electrons. The van der Waals surface area contributed by atoms with Crippen LogP contribution in [0, 0.1) is 5.92 Å². The molecule has 0 radical (unpaired) electrons. The first-order valence-corrected chi connectivity index (χ1v) is 9.10. The predicted octanol–water partition coefficient (Wildman–Crippen LogP) is 0.503. The maximum Gasteiger partial charge on any atom is 0.257 e. The zero-order valence-electron chi connectivity index (χ0n) is 15.4. The molecule has 27 heavy (non-hydrogen) atoms. The van der Waals surface area contributed by atoms with Crippen LogP contribution in [0.15, 0.2) is 18.2 Å². The van der Waals surface area contributed by atoms with Crippen LogP contribution in [0.5, 0.6) is 0 Å². The number of carbonyl (C=O) groups is 3. The van der Waals surface area contributed by atoms with Crippen LogP contribution in [0.4, 0.5) is 5.69 Å². The number of carbonyl (C=O) groups excluding carboxylic acids is 3. The van der Waals surface area contributed by atoms with E-state index in [0.29, 0.717) is 18.5 Å². The summed E-state index contributed by atoms with van der Waals surface area (Å²) in [4.78, 5) is 40.4. The lowest BCUT2D eigenvalue weighted by Gasteiger charge is -2.44. The molecule has 3 aliphatic heterocycles. The molecule has 1 aromatic rings. The van der Waals surface area contributed by atoms with Crippen molar-refractivity contribution < 1.29 is 23.9 Å². The lowest BCUT2D eigenvalue weighted by molar-refractivity contribution is -0.142. The Morgan fingerprint density at radius 3 is 2.56 bits per heavy atom. The Bertz CT molecular complexity index is 786. The number of imide groups is 1. The number of hydrogen-bond acceptors (Lipinski definition) is 6.